The smallest absolute Gasteiger partial charge is 0.267 e. The summed E-state index contributed by atoms with van der Waals surface area (Å²) >= 11 is 0. The quantitative estimate of drug-likeness (QED) is 0.489. The zero-order valence-electron chi connectivity index (χ0n) is 17.5. The molecule has 4 aromatic rings. The molecule has 0 bridgehead atoms. The van der Waals surface area contributed by atoms with Gasteiger partial charge in [-0.2, -0.15) is 10.2 Å². The lowest BCUT2D eigenvalue weighted by atomic mass is 10.1. The van der Waals surface area contributed by atoms with Crippen LogP contribution in [0.3, 0.4) is 0 Å². The first-order valence-electron chi connectivity index (χ1n) is 9.89. The van der Waals surface area contributed by atoms with Crippen LogP contribution in [0.25, 0.3) is 22.4 Å². The van der Waals surface area contributed by atoms with Crippen molar-refractivity contribution in [2.45, 2.75) is 40.8 Å². The number of hydrogen-bond acceptors (Lipinski definition) is 6. The fourth-order valence-corrected chi connectivity index (χ4v) is 3.26. The number of nitrogens with zero attached hydrogens (tertiary/aromatic N) is 6. The summed E-state index contributed by atoms with van der Waals surface area (Å²) in [7, 11) is 0. The summed E-state index contributed by atoms with van der Waals surface area (Å²) in [6.07, 6.45) is 7.14. The van der Waals surface area contributed by atoms with E-state index in [1.807, 2.05) is 36.9 Å². The number of aromatic nitrogens is 6. The molecule has 0 fully saturated rings. The molecule has 8 nitrogen and oxygen atoms in total. The van der Waals surface area contributed by atoms with Gasteiger partial charge in [-0.25, -0.2) is 4.68 Å². The van der Waals surface area contributed by atoms with Crippen LogP contribution in [0, 0.1) is 19.8 Å². The van der Waals surface area contributed by atoms with Gasteiger partial charge in [0.1, 0.15) is 11.5 Å². The van der Waals surface area contributed by atoms with Crippen LogP contribution in [0.15, 0.2) is 52.3 Å². The van der Waals surface area contributed by atoms with E-state index in [0.717, 1.165) is 34.5 Å². The molecule has 30 heavy (non-hydrogen) atoms. The minimum absolute atomic E-state index is 0.197. The molecule has 0 atom stereocenters. The third-order valence-corrected chi connectivity index (χ3v) is 4.87. The molecule has 154 valence electrons. The second-order valence-electron chi connectivity index (χ2n) is 7.84. The van der Waals surface area contributed by atoms with Gasteiger partial charge in [-0.15, -0.1) is 0 Å². The fraction of sp³-hybridized carbons (Fsp3) is 0.318. The van der Waals surface area contributed by atoms with Crippen molar-refractivity contribution in [2.24, 2.45) is 5.92 Å². The highest BCUT2D eigenvalue weighted by Gasteiger charge is 2.17. The Bertz CT molecular complexity index is 1220. The average Bonchev–Trinajstić information content (AvgIpc) is 3.31. The van der Waals surface area contributed by atoms with Crippen molar-refractivity contribution in [1.29, 1.82) is 0 Å². The molecule has 0 N–H and O–H groups in total. The molecule has 4 rings (SSSR count). The van der Waals surface area contributed by atoms with E-state index in [9.17, 15) is 4.79 Å². The van der Waals surface area contributed by atoms with E-state index in [1.165, 1.54) is 4.68 Å². The Kier molecular flexibility index (Phi) is 5.31. The Morgan fingerprint density at radius 1 is 1.03 bits per heavy atom. The summed E-state index contributed by atoms with van der Waals surface area (Å²) in [5.74, 6) is 1.15. The lowest BCUT2D eigenvalue weighted by molar-refractivity contribution is 0.397. The standard InChI is InChI=1S/C22H24N6O2/c1-14(2)11-27-12-19(10-24-27)18-7-21(29)28(25-9-18)13-20-16(4)30-26-22(20)17-6-5-15(3)23-8-17/h5-10,12,14H,11,13H2,1-4H3. The maximum Gasteiger partial charge on any atom is 0.267 e. The Hall–Kier alpha value is -3.55. The van der Waals surface area contributed by atoms with Gasteiger partial charge in [-0.1, -0.05) is 19.0 Å². The van der Waals surface area contributed by atoms with Gasteiger partial charge in [-0.05, 0) is 31.9 Å². The minimum Gasteiger partial charge on any atom is -0.361 e. The zero-order chi connectivity index (χ0) is 21.3. The third-order valence-electron chi connectivity index (χ3n) is 4.87. The van der Waals surface area contributed by atoms with Crippen LogP contribution in [-0.4, -0.2) is 29.7 Å². The molecule has 0 amide bonds. The van der Waals surface area contributed by atoms with Crippen LogP contribution in [0.5, 0.6) is 0 Å². The van der Waals surface area contributed by atoms with Crippen LogP contribution < -0.4 is 5.56 Å². The van der Waals surface area contributed by atoms with E-state index < -0.39 is 0 Å². The summed E-state index contributed by atoms with van der Waals surface area (Å²) < 4.78 is 8.68. The molecule has 0 aliphatic heterocycles. The predicted molar refractivity (Wildman–Crippen MR) is 113 cm³/mol. The lowest BCUT2D eigenvalue weighted by Gasteiger charge is -2.07. The van der Waals surface area contributed by atoms with E-state index in [1.54, 1.807) is 24.7 Å². The largest absolute Gasteiger partial charge is 0.361 e. The zero-order valence-corrected chi connectivity index (χ0v) is 17.5. The molecule has 0 spiro atoms. The Morgan fingerprint density at radius 2 is 1.83 bits per heavy atom. The van der Waals surface area contributed by atoms with Crippen molar-refractivity contribution in [3.05, 3.63) is 70.4 Å². The van der Waals surface area contributed by atoms with E-state index in [0.29, 0.717) is 17.4 Å². The first-order valence-corrected chi connectivity index (χ1v) is 9.89. The van der Waals surface area contributed by atoms with Gasteiger partial charge in [0.05, 0.1) is 18.9 Å². The second-order valence-corrected chi connectivity index (χ2v) is 7.84. The highest BCUT2D eigenvalue weighted by Crippen LogP contribution is 2.25. The number of aryl methyl sites for hydroxylation is 2. The maximum absolute atomic E-state index is 12.7. The van der Waals surface area contributed by atoms with E-state index in [-0.39, 0.29) is 12.1 Å². The van der Waals surface area contributed by atoms with E-state index >= 15 is 0 Å². The Labute approximate surface area is 174 Å². The molecular formula is C22H24N6O2. The molecule has 0 saturated carbocycles. The number of hydrogen-bond donors (Lipinski definition) is 0. The molecule has 0 aliphatic carbocycles. The topological polar surface area (TPSA) is 91.6 Å². The predicted octanol–water partition coefficient (Wildman–Crippen LogP) is 3.48. The monoisotopic (exact) mass is 404 g/mol. The van der Waals surface area contributed by atoms with Crippen molar-refractivity contribution in [2.75, 3.05) is 0 Å². The van der Waals surface area contributed by atoms with Crippen LogP contribution in [0.2, 0.25) is 0 Å². The van der Waals surface area contributed by atoms with Gasteiger partial charge >= 0.3 is 0 Å². The second kappa shape index (κ2) is 8.06. The summed E-state index contributed by atoms with van der Waals surface area (Å²) in [5.41, 5.74) is 4.68. The van der Waals surface area contributed by atoms with Crippen molar-refractivity contribution >= 4 is 0 Å². The molecule has 0 aromatic carbocycles. The molecule has 4 aromatic heterocycles. The van der Waals surface area contributed by atoms with Gasteiger partial charge < -0.3 is 4.52 Å². The Balaban J connectivity index is 1.61. The maximum atomic E-state index is 12.7. The minimum atomic E-state index is -0.197. The first-order chi connectivity index (χ1) is 14.4. The van der Waals surface area contributed by atoms with Gasteiger partial charge in [-0.3, -0.25) is 14.5 Å². The third kappa shape index (κ3) is 4.07. The van der Waals surface area contributed by atoms with E-state index in [2.05, 4.69) is 34.2 Å². The summed E-state index contributed by atoms with van der Waals surface area (Å²) in [6.45, 7) is 9.12. The molecule has 4 heterocycles. The van der Waals surface area contributed by atoms with Crippen molar-refractivity contribution in [3.63, 3.8) is 0 Å². The fourth-order valence-electron chi connectivity index (χ4n) is 3.26. The van der Waals surface area contributed by atoms with Gasteiger partial charge in [0, 0.05) is 53.0 Å². The summed E-state index contributed by atoms with van der Waals surface area (Å²) in [6, 6.07) is 5.44. The van der Waals surface area contributed by atoms with Crippen LogP contribution in [0.4, 0.5) is 0 Å². The average molecular weight is 404 g/mol. The summed E-state index contributed by atoms with van der Waals surface area (Å²) in [4.78, 5) is 17.1. The molecule has 0 aliphatic rings. The highest BCUT2D eigenvalue weighted by molar-refractivity contribution is 5.62. The van der Waals surface area contributed by atoms with Gasteiger partial charge in [0.25, 0.3) is 5.56 Å². The number of pyridine rings is 1. The van der Waals surface area contributed by atoms with Crippen LogP contribution in [0.1, 0.15) is 30.9 Å². The summed E-state index contributed by atoms with van der Waals surface area (Å²) in [5, 5.41) is 12.9. The van der Waals surface area contributed by atoms with Crippen molar-refractivity contribution in [1.82, 2.24) is 29.7 Å². The Morgan fingerprint density at radius 3 is 2.53 bits per heavy atom. The lowest BCUT2D eigenvalue weighted by Crippen LogP contribution is -2.23. The normalized spacial score (nSPS) is 11.4. The first kappa shape index (κ1) is 19.8. The molecular weight excluding hydrogens is 380 g/mol. The molecule has 0 saturated heterocycles. The molecule has 0 radical (unpaired) electrons. The SMILES string of the molecule is Cc1ccc(-c2noc(C)c2Cn2ncc(-c3cnn(CC(C)C)c3)cc2=O)cn1. The molecule has 8 heteroatoms. The van der Waals surface area contributed by atoms with Gasteiger partial charge in [0.2, 0.25) is 0 Å². The number of rotatable bonds is 6. The van der Waals surface area contributed by atoms with Gasteiger partial charge in [0.15, 0.2) is 0 Å². The van der Waals surface area contributed by atoms with E-state index in [4.69, 9.17) is 4.52 Å². The van der Waals surface area contributed by atoms with Crippen LogP contribution in [-0.2, 0) is 13.1 Å². The highest BCUT2D eigenvalue weighted by atomic mass is 16.5. The van der Waals surface area contributed by atoms with Crippen molar-refractivity contribution < 1.29 is 4.52 Å². The van der Waals surface area contributed by atoms with Crippen LogP contribution >= 0.6 is 0 Å². The molecule has 0 unspecified atom stereocenters. The van der Waals surface area contributed by atoms with Crippen molar-refractivity contribution in [3.8, 4) is 22.4 Å².